The Hall–Kier alpha value is -2.52. The second-order valence-corrected chi connectivity index (χ2v) is 9.52. The van der Waals surface area contributed by atoms with Crippen molar-refractivity contribution in [2.45, 2.75) is 51.9 Å². The van der Waals surface area contributed by atoms with E-state index in [-0.39, 0.29) is 24.0 Å². The number of hydrogen-bond acceptors (Lipinski definition) is 4. The molecule has 1 atom stereocenters. The van der Waals surface area contributed by atoms with Crippen molar-refractivity contribution in [3.05, 3.63) is 29.3 Å². The molecule has 0 radical (unpaired) electrons. The van der Waals surface area contributed by atoms with Gasteiger partial charge in [-0.25, -0.2) is 4.79 Å². The van der Waals surface area contributed by atoms with E-state index in [0.29, 0.717) is 5.92 Å². The Bertz CT molecular complexity index is 924. The lowest BCUT2D eigenvalue weighted by molar-refractivity contribution is -0.116. The van der Waals surface area contributed by atoms with E-state index in [0.717, 1.165) is 70.6 Å². The molecule has 1 spiro atoms. The predicted molar refractivity (Wildman–Crippen MR) is 126 cm³/mol. The number of hydrogen-bond donors (Lipinski definition) is 0. The number of benzene rings is 1. The number of fused-ring (bicyclic) bond motifs is 2. The van der Waals surface area contributed by atoms with Gasteiger partial charge in [-0.15, -0.1) is 5.92 Å². The van der Waals surface area contributed by atoms with Crippen LogP contribution in [0.2, 0.25) is 0 Å². The van der Waals surface area contributed by atoms with E-state index >= 15 is 0 Å². The van der Waals surface area contributed by atoms with Gasteiger partial charge in [0.15, 0.2) is 6.61 Å². The zero-order chi connectivity index (χ0) is 22.7. The van der Waals surface area contributed by atoms with E-state index in [4.69, 9.17) is 4.74 Å². The maximum Gasteiger partial charge on any atom is 0.410 e. The summed E-state index contributed by atoms with van der Waals surface area (Å²) >= 11 is 0. The van der Waals surface area contributed by atoms with E-state index in [1.165, 1.54) is 11.1 Å². The molecule has 1 aromatic carbocycles. The Labute approximate surface area is 191 Å². The van der Waals surface area contributed by atoms with Crippen molar-refractivity contribution in [2.24, 2.45) is 5.92 Å². The van der Waals surface area contributed by atoms with Gasteiger partial charge in [0.2, 0.25) is 5.91 Å². The standard InChI is InChI=1S/C26H35N3O3/c1-4-5-6-16-32-25(31)28-13-10-22(18-28)17-27-14-11-26(12-15-27)19-29(21(3)30)23-9-7-8-20(2)24(23)26/h7-9,22H,4,10-19H2,1-3H3/t22-/m1/s1. The van der Waals surface area contributed by atoms with E-state index in [1.54, 1.807) is 6.92 Å². The third kappa shape index (κ3) is 4.49. The third-order valence-electron chi connectivity index (χ3n) is 7.36. The van der Waals surface area contributed by atoms with E-state index in [1.807, 2.05) is 16.7 Å². The lowest BCUT2D eigenvalue weighted by Gasteiger charge is -2.41. The largest absolute Gasteiger partial charge is 0.436 e. The molecule has 3 aliphatic rings. The molecule has 6 nitrogen and oxygen atoms in total. The summed E-state index contributed by atoms with van der Waals surface area (Å²) in [5.74, 6) is 6.41. The maximum atomic E-state index is 12.3. The smallest absolute Gasteiger partial charge is 0.410 e. The maximum absolute atomic E-state index is 12.3. The molecule has 0 bridgehead atoms. The molecule has 2 fully saturated rings. The highest BCUT2D eigenvalue weighted by molar-refractivity contribution is 5.95. The van der Waals surface area contributed by atoms with Crippen LogP contribution in [0, 0.1) is 24.7 Å². The minimum Gasteiger partial charge on any atom is -0.436 e. The minimum absolute atomic E-state index is 0.0773. The van der Waals surface area contributed by atoms with Crippen LogP contribution in [0.5, 0.6) is 0 Å². The fourth-order valence-electron chi connectivity index (χ4n) is 5.76. The van der Waals surface area contributed by atoms with Crippen LogP contribution in [-0.4, -0.2) is 67.7 Å². The number of nitrogens with zero attached hydrogens (tertiary/aromatic N) is 3. The first-order valence-electron chi connectivity index (χ1n) is 11.9. The number of ether oxygens (including phenoxy) is 1. The van der Waals surface area contributed by atoms with Crippen molar-refractivity contribution in [2.75, 3.05) is 50.8 Å². The van der Waals surface area contributed by atoms with Crippen molar-refractivity contribution >= 4 is 17.7 Å². The van der Waals surface area contributed by atoms with Gasteiger partial charge >= 0.3 is 6.09 Å². The van der Waals surface area contributed by atoms with Gasteiger partial charge in [0.25, 0.3) is 0 Å². The molecule has 3 aliphatic heterocycles. The molecule has 32 heavy (non-hydrogen) atoms. The lowest BCUT2D eigenvalue weighted by atomic mass is 9.72. The quantitative estimate of drug-likeness (QED) is 0.679. The van der Waals surface area contributed by atoms with Crippen LogP contribution in [0.4, 0.5) is 10.5 Å². The molecule has 0 aromatic heterocycles. The summed E-state index contributed by atoms with van der Waals surface area (Å²) in [7, 11) is 0. The molecule has 172 valence electrons. The summed E-state index contributed by atoms with van der Waals surface area (Å²) in [5.41, 5.74) is 3.87. The van der Waals surface area contributed by atoms with Gasteiger partial charge in [0, 0.05) is 50.6 Å². The minimum atomic E-state index is -0.238. The topological polar surface area (TPSA) is 53.1 Å². The van der Waals surface area contributed by atoms with Crippen LogP contribution in [0.15, 0.2) is 18.2 Å². The molecular formula is C26H35N3O3. The lowest BCUT2D eigenvalue weighted by Crippen LogP contribution is -2.47. The summed E-state index contributed by atoms with van der Waals surface area (Å²) < 4.78 is 5.27. The molecule has 0 unspecified atom stereocenters. The molecule has 2 saturated heterocycles. The van der Waals surface area contributed by atoms with E-state index in [9.17, 15) is 9.59 Å². The number of anilines is 1. The third-order valence-corrected chi connectivity index (χ3v) is 7.36. The second-order valence-electron chi connectivity index (χ2n) is 9.52. The number of aryl methyl sites for hydroxylation is 1. The zero-order valence-corrected chi connectivity index (χ0v) is 19.7. The van der Waals surface area contributed by atoms with Crippen LogP contribution in [-0.2, 0) is 14.9 Å². The Morgan fingerprint density at radius 3 is 2.69 bits per heavy atom. The first-order chi connectivity index (χ1) is 15.4. The normalized spacial score (nSPS) is 21.9. The van der Waals surface area contributed by atoms with Gasteiger partial charge in [-0.05, 0) is 62.4 Å². The first-order valence-corrected chi connectivity index (χ1v) is 11.9. The number of carbonyl (C=O) groups is 2. The fraction of sp³-hybridized carbons (Fsp3) is 0.615. The molecule has 3 heterocycles. The summed E-state index contributed by atoms with van der Waals surface area (Å²) in [6, 6.07) is 6.34. The van der Waals surface area contributed by atoms with Crippen LogP contribution >= 0.6 is 0 Å². The number of rotatable bonds is 3. The second kappa shape index (κ2) is 9.54. The van der Waals surface area contributed by atoms with Crippen molar-refractivity contribution in [1.82, 2.24) is 9.80 Å². The Morgan fingerprint density at radius 1 is 1.19 bits per heavy atom. The van der Waals surface area contributed by atoms with Crippen molar-refractivity contribution in [1.29, 1.82) is 0 Å². The van der Waals surface area contributed by atoms with E-state index in [2.05, 4.69) is 41.9 Å². The summed E-state index contributed by atoms with van der Waals surface area (Å²) in [4.78, 5) is 30.9. The number of piperidine rings is 1. The monoisotopic (exact) mass is 437 g/mol. The van der Waals surface area contributed by atoms with Crippen molar-refractivity contribution in [3.8, 4) is 11.8 Å². The molecule has 6 heteroatoms. The fourth-order valence-corrected chi connectivity index (χ4v) is 5.76. The first kappa shape index (κ1) is 22.7. The van der Waals surface area contributed by atoms with Gasteiger partial charge in [0.1, 0.15) is 0 Å². The number of carbonyl (C=O) groups excluding carboxylic acids is 2. The van der Waals surface area contributed by atoms with Crippen LogP contribution < -0.4 is 4.90 Å². The van der Waals surface area contributed by atoms with Crippen LogP contribution in [0.25, 0.3) is 0 Å². The summed E-state index contributed by atoms with van der Waals surface area (Å²) in [5, 5.41) is 0. The molecule has 0 N–H and O–H groups in total. The van der Waals surface area contributed by atoms with Gasteiger partial charge < -0.3 is 19.4 Å². The molecule has 2 amide bonds. The van der Waals surface area contributed by atoms with Gasteiger partial charge in [-0.2, -0.15) is 0 Å². The summed E-state index contributed by atoms with van der Waals surface area (Å²) in [6.07, 6.45) is 3.71. The van der Waals surface area contributed by atoms with E-state index < -0.39 is 0 Å². The van der Waals surface area contributed by atoms with Crippen LogP contribution in [0.1, 0.15) is 50.7 Å². The number of amides is 2. The highest BCUT2D eigenvalue weighted by Crippen LogP contribution is 2.48. The Kier molecular flexibility index (Phi) is 6.76. The molecule has 0 saturated carbocycles. The average Bonchev–Trinajstić information content (AvgIpc) is 3.37. The number of likely N-dealkylation sites (tertiary alicyclic amines) is 2. The van der Waals surface area contributed by atoms with Crippen molar-refractivity contribution in [3.63, 3.8) is 0 Å². The molecule has 4 rings (SSSR count). The molecule has 0 aliphatic carbocycles. The Balaban J connectivity index is 1.32. The predicted octanol–water partition coefficient (Wildman–Crippen LogP) is 3.57. The van der Waals surface area contributed by atoms with Gasteiger partial charge in [-0.1, -0.05) is 25.0 Å². The van der Waals surface area contributed by atoms with Gasteiger partial charge in [-0.3, -0.25) is 4.79 Å². The van der Waals surface area contributed by atoms with Crippen LogP contribution in [0.3, 0.4) is 0 Å². The highest BCUT2D eigenvalue weighted by atomic mass is 16.6. The van der Waals surface area contributed by atoms with Gasteiger partial charge in [0.05, 0.1) is 0 Å². The molecular weight excluding hydrogens is 402 g/mol. The Morgan fingerprint density at radius 2 is 1.97 bits per heavy atom. The SMILES string of the molecule is CCC#CCOC(=O)N1CC[C@H](CN2CCC3(CC2)CN(C(C)=O)c2cccc(C)c23)C1. The van der Waals surface area contributed by atoms with Crippen molar-refractivity contribution < 1.29 is 14.3 Å². The summed E-state index contributed by atoms with van der Waals surface area (Å²) in [6.45, 7) is 11.4. The average molecular weight is 438 g/mol. The highest BCUT2D eigenvalue weighted by Gasteiger charge is 2.46. The zero-order valence-electron chi connectivity index (χ0n) is 19.7. The molecule has 1 aromatic rings.